The Morgan fingerprint density at radius 2 is 1.89 bits per heavy atom. The number of nitrogens with zero attached hydrogens (tertiary/aromatic N) is 2. The van der Waals surface area contributed by atoms with E-state index in [-0.39, 0.29) is 12.1 Å². The molecule has 0 aromatic heterocycles. The molecule has 2 aromatic carbocycles. The van der Waals surface area contributed by atoms with Gasteiger partial charge in [-0.1, -0.05) is 29.8 Å². The third-order valence-electron chi connectivity index (χ3n) is 5.27. The van der Waals surface area contributed by atoms with Crippen molar-refractivity contribution in [3.05, 3.63) is 58.6 Å². The van der Waals surface area contributed by atoms with Crippen molar-refractivity contribution in [1.29, 1.82) is 0 Å². The van der Waals surface area contributed by atoms with E-state index in [0.29, 0.717) is 11.6 Å². The fourth-order valence-corrected chi connectivity index (χ4v) is 3.89. The number of urea groups is 1. The highest BCUT2D eigenvalue weighted by Crippen LogP contribution is 2.27. The van der Waals surface area contributed by atoms with Gasteiger partial charge in [0.15, 0.2) is 0 Å². The van der Waals surface area contributed by atoms with E-state index in [2.05, 4.69) is 32.6 Å². The molecule has 0 saturated carbocycles. The fourth-order valence-electron chi connectivity index (χ4n) is 3.63. The Morgan fingerprint density at radius 3 is 2.54 bits per heavy atom. The third-order valence-corrected chi connectivity index (χ3v) is 5.62. The maximum Gasteiger partial charge on any atom is 0.319 e. The van der Waals surface area contributed by atoms with Gasteiger partial charge in [0.1, 0.15) is 0 Å². The van der Waals surface area contributed by atoms with Gasteiger partial charge in [0.2, 0.25) is 0 Å². The first kappa shape index (κ1) is 20.5. The van der Waals surface area contributed by atoms with Crippen LogP contribution in [0.25, 0.3) is 0 Å². The number of hydrogen-bond donors (Lipinski definition) is 2. The Bertz CT molecular complexity index is 818. The van der Waals surface area contributed by atoms with Crippen molar-refractivity contribution in [1.82, 2.24) is 10.2 Å². The molecule has 1 atom stereocenters. The van der Waals surface area contributed by atoms with Crippen LogP contribution in [0.2, 0.25) is 5.02 Å². The number of likely N-dealkylation sites (N-methyl/N-ethyl adjacent to an activating group) is 1. The predicted octanol–water partition coefficient (Wildman–Crippen LogP) is 4.67. The summed E-state index contributed by atoms with van der Waals surface area (Å²) in [6.45, 7) is 4.72. The van der Waals surface area contributed by atoms with Gasteiger partial charge in [-0.25, -0.2) is 4.79 Å². The molecule has 5 nitrogen and oxygen atoms in total. The van der Waals surface area contributed by atoms with Crippen LogP contribution < -0.4 is 15.5 Å². The van der Waals surface area contributed by atoms with Gasteiger partial charge in [-0.05, 0) is 69.3 Å². The SMILES string of the molecule is Cc1cc(N2CCCC2)ccc1NC(=O)NCC(c1ccccc1Cl)N(C)C. The lowest BCUT2D eigenvalue weighted by molar-refractivity contribution is 0.243. The number of amides is 2. The highest BCUT2D eigenvalue weighted by atomic mass is 35.5. The Hall–Kier alpha value is -2.24. The van der Waals surface area contributed by atoms with Crippen LogP contribution in [0, 0.1) is 6.92 Å². The van der Waals surface area contributed by atoms with E-state index in [9.17, 15) is 4.79 Å². The molecule has 1 unspecified atom stereocenters. The highest BCUT2D eigenvalue weighted by Gasteiger charge is 2.18. The number of benzene rings is 2. The minimum absolute atomic E-state index is 0.00177. The largest absolute Gasteiger partial charge is 0.372 e. The van der Waals surface area contributed by atoms with Crippen molar-refractivity contribution in [2.24, 2.45) is 0 Å². The Kier molecular flexibility index (Phi) is 6.81. The first-order chi connectivity index (χ1) is 13.5. The van der Waals surface area contributed by atoms with Gasteiger partial charge in [-0.3, -0.25) is 0 Å². The minimum Gasteiger partial charge on any atom is -0.372 e. The zero-order valence-electron chi connectivity index (χ0n) is 16.8. The molecule has 2 N–H and O–H groups in total. The summed E-state index contributed by atoms with van der Waals surface area (Å²) in [5.41, 5.74) is 4.13. The maximum atomic E-state index is 12.5. The van der Waals surface area contributed by atoms with Crippen LogP contribution >= 0.6 is 11.6 Å². The van der Waals surface area contributed by atoms with Gasteiger partial charge in [-0.2, -0.15) is 0 Å². The van der Waals surface area contributed by atoms with Gasteiger partial charge in [0.05, 0.1) is 6.04 Å². The number of carbonyl (C=O) groups excluding carboxylic acids is 1. The van der Waals surface area contributed by atoms with E-state index in [1.807, 2.05) is 51.4 Å². The number of aryl methyl sites for hydroxylation is 1. The number of halogens is 1. The second-order valence-corrected chi connectivity index (χ2v) is 7.94. The topological polar surface area (TPSA) is 47.6 Å². The predicted molar refractivity (Wildman–Crippen MR) is 118 cm³/mol. The number of anilines is 2. The number of hydrogen-bond acceptors (Lipinski definition) is 3. The first-order valence-corrected chi connectivity index (χ1v) is 10.1. The molecule has 2 aromatic rings. The van der Waals surface area contributed by atoms with Gasteiger partial charge >= 0.3 is 6.03 Å². The molecule has 1 aliphatic heterocycles. The van der Waals surface area contributed by atoms with Gasteiger partial charge < -0.3 is 20.4 Å². The number of nitrogens with one attached hydrogen (secondary N) is 2. The molecule has 28 heavy (non-hydrogen) atoms. The van der Waals surface area contributed by atoms with Crippen molar-refractivity contribution >= 4 is 29.0 Å². The standard InChI is InChI=1S/C22H29ClN4O/c1-16-14-17(27-12-6-7-13-27)10-11-20(16)25-22(28)24-15-21(26(2)3)18-8-4-5-9-19(18)23/h4-5,8-11,14,21H,6-7,12-13,15H2,1-3H3,(H2,24,25,28). The number of rotatable bonds is 6. The quantitative estimate of drug-likeness (QED) is 0.740. The molecule has 1 fully saturated rings. The Morgan fingerprint density at radius 1 is 1.18 bits per heavy atom. The summed E-state index contributed by atoms with van der Waals surface area (Å²) >= 11 is 6.34. The molecule has 2 amide bonds. The lowest BCUT2D eigenvalue weighted by Crippen LogP contribution is -2.37. The summed E-state index contributed by atoms with van der Waals surface area (Å²) in [4.78, 5) is 16.9. The lowest BCUT2D eigenvalue weighted by atomic mass is 10.1. The smallest absolute Gasteiger partial charge is 0.319 e. The van der Waals surface area contributed by atoms with Crippen molar-refractivity contribution in [2.45, 2.75) is 25.8 Å². The zero-order valence-corrected chi connectivity index (χ0v) is 17.6. The first-order valence-electron chi connectivity index (χ1n) is 9.77. The van der Waals surface area contributed by atoms with Crippen LogP contribution in [0.15, 0.2) is 42.5 Å². The molecule has 1 saturated heterocycles. The van der Waals surface area contributed by atoms with E-state index in [4.69, 9.17) is 11.6 Å². The van der Waals surface area contributed by atoms with Crippen LogP contribution in [-0.4, -0.2) is 44.7 Å². The Balaban J connectivity index is 1.61. The van der Waals surface area contributed by atoms with E-state index in [1.165, 1.54) is 18.5 Å². The molecule has 1 heterocycles. The molecule has 3 rings (SSSR count). The number of carbonyl (C=O) groups is 1. The van der Waals surface area contributed by atoms with E-state index < -0.39 is 0 Å². The molecule has 150 valence electrons. The van der Waals surface area contributed by atoms with Gasteiger partial charge in [0, 0.05) is 36.0 Å². The molecular weight excluding hydrogens is 372 g/mol. The second-order valence-electron chi connectivity index (χ2n) is 7.53. The average Bonchev–Trinajstić information content (AvgIpc) is 3.19. The Labute approximate surface area is 172 Å². The molecule has 0 bridgehead atoms. The van der Waals surface area contributed by atoms with E-state index in [1.54, 1.807) is 0 Å². The fraction of sp³-hybridized carbons (Fsp3) is 0.409. The summed E-state index contributed by atoms with van der Waals surface area (Å²) in [5, 5.41) is 6.65. The highest BCUT2D eigenvalue weighted by molar-refractivity contribution is 6.31. The molecule has 0 spiro atoms. The van der Waals surface area contributed by atoms with E-state index >= 15 is 0 Å². The molecule has 6 heteroatoms. The third kappa shape index (κ3) is 4.97. The maximum absolute atomic E-state index is 12.5. The van der Waals surface area contributed by atoms with Crippen LogP contribution in [0.3, 0.4) is 0 Å². The summed E-state index contributed by atoms with van der Waals surface area (Å²) in [7, 11) is 3.96. The molecule has 0 radical (unpaired) electrons. The normalized spacial score (nSPS) is 15.0. The summed E-state index contributed by atoms with van der Waals surface area (Å²) < 4.78 is 0. The van der Waals surface area contributed by atoms with E-state index in [0.717, 1.165) is 29.9 Å². The van der Waals surface area contributed by atoms with Crippen LogP contribution in [0.4, 0.5) is 16.2 Å². The minimum atomic E-state index is -0.212. The van der Waals surface area contributed by atoms with Crippen LogP contribution in [0.5, 0.6) is 0 Å². The monoisotopic (exact) mass is 400 g/mol. The zero-order chi connectivity index (χ0) is 20.1. The molecular formula is C22H29ClN4O. The molecule has 1 aliphatic rings. The van der Waals surface area contributed by atoms with Crippen molar-refractivity contribution in [3.8, 4) is 0 Å². The lowest BCUT2D eigenvalue weighted by Gasteiger charge is -2.26. The van der Waals surface area contributed by atoms with Gasteiger partial charge in [-0.15, -0.1) is 0 Å². The van der Waals surface area contributed by atoms with Crippen LogP contribution in [-0.2, 0) is 0 Å². The van der Waals surface area contributed by atoms with Crippen molar-refractivity contribution < 1.29 is 4.79 Å². The molecule has 0 aliphatic carbocycles. The summed E-state index contributed by atoms with van der Waals surface area (Å²) in [5.74, 6) is 0. The second kappa shape index (κ2) is 9.30. The summed E-state index contributed by atoms with van der Waals surface area (Å²) in [6, 6.07) is 13.7. The van der Waals surface area contributed by atoms with Crippen molar-refractivity contribution in [2.75, 3.05) is 43.9 Å². The van der Waals surface area contributed by atoms with Crippen LogP contribution in [0.1, 0.15) is 30.0 Å². The van der Waals surface area contributed by atoms with Crippen molar-refractivity contribution in [3.63, 3.8) is 0 Å². The van der Waals surface area contributed by atoms with Gasteiger partial charge in [0.25, 0.3) is 0 Å². The average molecular weight is 401 g/mol. The summed E-state index contributed by atoms with van der Waals surface area (Å²) in [6.07, 6.45) is 2.50.